The molecule has 2 aromatic rings. The number of benzene rings is 1. The zero-order valence-electron chi connectivity index (χ0n) is 23.9. The van der Waals surface area contributed by atoms with E-state index in [1.807, 2.05) is 13.0 Å². The van der Waals surface area contributed by atoms with E-state index in [-0.39, 0.29) is 17.1 Å². The Morgan fingerprint density at radius 3 is 2.52 bits per heavy atom. The molecule has 3 aliphatic rings. The number of esters is 1. The van der Waals surface area contributed by atoms with Gasteiger partial charge in [0.25, 0.3) is 5.91 Å². The zero-order valence-corrected chi connectivity index (χ0v) is 24.7. The fourth-order valence-corrected chi connectivity index (χ4v) is 7.53. The number of allylic oxidation sites excluding steroid dienone is 3. The van der Waals surface area contributed by atoms with Crippen LogP contribution in [0.25, 0.3) is 0 Å². The lowest BCUT2D eigenvalue weighted by atomic mass is 9.68. The number of Topliss-reactive ketones (excluding diaryl/α,β-unsaturated/α-hetero) is 1. The quantitative estimate of drug-likeness (QED) is 0.436. The van der Waals surface area contributed by atoms with Crippen molar-refractivity contribution in [2.75, 3.05) is 26.6 Å². The van der Waals surface area contributed by atoms with Gasteiger partial charge in [-0.15, -0.1) is 11.3 Å². The maximum absolute atomic E-state index is 14.2. The van der Waals surface area contributed by atoms with Gasteiger partial charge in [-0.1, -0.05) is 13.8 Å². The van der Waals surface area contributed by atoms with Gasteiger partial charge in [-0.2, -0.15) is 0 Å². The van der Waals surface area contributed by atoms with Crippen molar-refractivity contribution in [3.05, 3.63) is 62.3 Å². The minimum atomic E-state index is -0.680. The number of hydrogen-bond acceptors (Lipinski definition) is 8. The molecule has 0 saturated heterocycles. The van der Waals surface area contributed by atoms with Crippen molar-refractivity contribution >= 4 is 34.0 Å². The Morgan fingerprint density at radius 2 is 1.82 bits per heavy atom. The maximum atomic E-state index is 14.2. The van der Waals surface area contributed by atoms with E-state index in [1.165, 1.54) is 18.4 Å². The van der Waals surface area contributed by atoms with E-state index in [1.54, 1.807) is 26.4 Å². The molecule has 2 N–H and O–H groups in total. The molecule has 0 radical (unpaired) electrons. The lowest BCUT2D eigenvalue weighted by Gasteiger charge is -2.40. The Hall–Kier alpha value is -3.59. The monoisotopic (exact) mass is 564 g/mol. The van der Waals surface area contributed by atoms with Crippen molar-refractivity contribution in [1.82, 2.24) is 5.32 Å². The Kier molecular flexibility index (Phi) is 7.52. The van der Waals surface area contributed by atoms with E-state index in [9.17, 15) is 14.4 Å². The lowest BCUT2D eigenvalue weighted by Crippen LogP contribution is -2.39. The average molecular weight is 565 g/mol. The summed E-state index contributed by atoms with van der Waals surface area (Å²) in [6, 6.07) is 5.41. The molecule has 1 atom stereocenters. The first-order chi connectivity index (χ1) is 19.1. The van der Waals surface area contributed by atoms with Crippen LogP contribution in [0.3, 0.4) is 0 Å². The molecule has 5 rings (SSSR count). The van der Waals surface area contributed by atoms with Crippen LogP contribution in [0.1, 0.15) is 78.7 Å². The summed E-state index contributed by atoms with van der Waals surface area (Å²) in [5.41, 5.74) is 4.31. The van der Waals surface area contributed by atoms with Crippen LogP contribution in [0.2, 0.25) is 0 Å². The minimum absolute atomic E-state index is 0.00624. The van der Waals surface area contributed by atoms with E-state index in [4.69, 9.17) is 14.2 Å². The Balaban J connectivity index is 1.64. The van der Waals surface area contributed by atoms with Crippen molar-refractivity contribution in [2.24, 2.45) is 5.41 Å². The molecule has 212 valence electrons. The summed E-state index contributed by atoms with van der Waals surface area (Å²) < 4.78 is 16.4. The van der Waals surface area contributed by atoms with Gasteiger partial charge in [-0.3, -0.25) is 9.59 Å². The number of hydrogen-bond donors (Lipinski definition) is 2. The number of carbonyl (C=O) groups is 3. The Bertz CT molecular complexity index is 1460. The fourth-order valence-electron chi connectivity index (χ4n) is 6.26. The van der Waals surface area contributed by atoms with Crippen LogP contribution in [-0.2, 0) is 27.2 Å². The molecule has 0 bridgehead atoms. The minimum Gasteiger partial charge on any atom is -0.497 e. The highest BCUT2D eigenvalue weighted by molar-refractivity contribution is 7.17. The number of carbonyl (C=O) groups excluding carboxylic acids is 3. The summed E-state index contributed by atoms with van der Waals surface area (Å²) in [4.78, 5) is 41.9. The maximum Gasteiger partial charge on any atom is 0.341 e. The number of ether oxygens (including phenoxy) is 3. The van der Waals surface area contributed by atoms with Gasteiger partial charge in [0.15, 0.2) is 5.78 Å². The molecule has 1 aromatic heterocycles. The summed E-state index contributed by atoms with van der Waals surface area (Å²) in [6.07, 6.45) is 4.72. The number of aryl methyl sites for hydroxylation is 1. The third kappa shape index (κ3) is 4.91. The second-order valence-electron chi connectivity index (χ2n) is 11.4. The molecule has 0 unspecified atom stereocenters. The number of rotatable bonds is 6. The summed E-state index contributed by atoms with van der Waals surface area (Å²) >= 11 is 1.43. The molecule has 40 heavy (non-hydrogen) atoms. The molecule has 9 heteroatoms. The zero-order chi connectivity index (χ0) is 28.8. The topological polar surface area (TPSA) is 103 Å². The van der Waals surface area contributed by atoms with Gasteiger partial charge in [0.2, 0.25) is 0 Å². The molecular formula is C31H36N2O6S. The lowest BCUT2D eigenvalue weighted by molar-refractivity contribution is -0.118. The standard InChI is InChI=1S/C31H36N2O6S/c1-16-24(28(35)33-29-26(30(36)39-6)18-9-7-8-10-23(18)40-29)25(19-13-17(37-4)11-12-22(19)38-5)27-20(32-16)14-31(2,3)15-21(27)34/h11-13,25,32H,7-10,14-15H2,1-6H3,(H,33,35)/t25-/m1/s1. The number of ketones is 1. The summed E-state index contributed by atoms with van der Waals surface area (Å²) in [5.74, 6) is -0.376. The van der Waals surface area contributed by atoms with Crippen LogP contribution in [-0.4, -0.2) is 39.0 Å². The number of methoxy groups -OCH3 is 3. The van der Waals surface area contributed by atoms with E-state index in [0.717, 1.165) is 41.8 Å². The number of thiophene rings is 1. The first-order valence-corrected chi connectivity index (χ1v) is 14.4. The average Bonchev–Trinajstić information content (AvgIpc) is 3.28. The Labute approximate surface area is 238 Å². The molecule has 0 saturated carbocycles. The van der Waals surface area contributed by atoms with Crippen molar-refractivity contribution in [1.29, 1.82) is 0 Å². The van der Waals surface area contributed by atoms with Crippen LogP contribution in [0.15, 0.2) is 40.7 Å². The third-order valence-electron chi connectivity index (χ3n) is 8.02. The smallest absolute Gasteiger partial charge is 0.341 e. The number of amides is 1. The largest absolute Gasteiger partial charge is 0.497 e. The highest BCUT2D eigenvalue weighted by Gasteiger charge is 2.44. The third-order valence-corrected chi connectivity index (χ3v) is 9.23. The molecule has 1 aromatic carbocycles. The van der Waals surface area contributed by atoms with Gasteiger partial charge in [0.1, 0.15) is 16.5 Å². The van der Waals surface area contributed by atoms with E-state index in [0.29, 0.717) is 57.3 Å². The number of fused-ring (bicyclic) bond motifs is 1. The first kappa shape index (κ1) is 28.0. The first-order valence-electron chi connectivity index (χ1n) is 13.6. The molecule has 0 fully saturated rings. The van der Waals surface area contributed by atoms with Gasteiger partial charge in [0, 0.05) is 39.4 Å². The van der Waals surface area contributed by atoms with Crippen LogP contribution < -0.4 is 20.1 Å². The van der Waals surface area contributed by atoms with Gasteiger partial charge in [-0.25, -0.2) is 4.79 Å². The summed E-state index contributed by atoms with van der Waals surface area (Å²) in [7, 11) is 4.51. The SMILES string of the molecule is COC(=O)c1c(NC(=O)C2=C(C)NC3=C(C(=O)CC(C)(C)C3)[C@@H]2c2cc(OC)ccc2OC)sc2c1CCCC2. The molecule has 0 spiro atoms. The van der Waals surface area contributed by atoms with Gasteiger partial charge < -0.3 is 24.8 Å². The predicted octanol–water partition coefficient (Wildman–Crippen LogP) is 5.67. The van der Waals surface area contributed by atoms with Crippen LogP contribution in [0.4, 0.5) is 5.00 Å². The van der Waals surface area contributed by atoms with Crippen LogP contribution >= 0.6 is 11.3 Å². The highest BCUT2D eigenvalue weighted by Crippen LogP contribution is 2.49. The molecule has 1 amide bonds. The molecular weight excluding hydrogens is 528 g/mol. The van der Waals surface area contributed by atoms with E-state index >= 15 is 0 Å². The van der Waals surface area contributed by atoms with Crippen molar-refractivity contribution in [2.45, 2.75) is 65.2 Å². The fraction of sp³-hybridized carbons (Fsp3) is 0.452. The predicted molar refractivity (Wildman–Crippen MR) is 154 cm³/mol. The van der Waals surface area contributed by atoms with Crippen LogP contribution in [0, 0.1) is 5.41 Å². The van der Waals surface area contributed by atoms with Crippen molar-refractivity contribution in [3.8, 4) is 11.5 Å². The highest BCUT2D eigenvalue weighted by atomic mass is 32.1. The number of dihydropyridines is 1. The van der Waals surface area contributed by atoms with Crippen LogP contribution in [0.5, 0.6) is 11.5 Å². The molecule has 1 aliphatic heterocycles. The van der Waals surface area contributed by atoms with Gasteiger partial charge >= 0.3 is 5.97 Å². The summed E-state index contributed by atoms with van der Waals surface area (Å²) in [6.45, 7) is 6.00. The number of nitrogens with one attached hydrogen (secondary N) is 2. The second kappa shape index (κ2) is 10.8. The Morgan fingerprint density at radius 1 is 1.07 bits per heavy atom. The van der Waals surface area contributed by atoms with E-state index < -0.39 is 11.9 Å². The van der Waals surface area contributed by atoms with Gasteiger partial charge in [-0.05, 0) is 68.2 Å². The normalized spacial score (nSPS) is 19.9. The van der Waals surface area contributed by atoms with Crippen molar-refractivity contribution in [3.63, 3.8) is 0 Å². The molecule has 2 aliphatic carbocycles. The summed E-state index contributed by atoms with van der Waals surface area (Å²) in [5, 5.41) is 6.93. The molecule has 2 heterocycles. The molecule has 8 nitrogen and oxygen atoms in total. The van der Waals surface area contributed by atoms with Crippen molar-refractivity contribution < 1.29 is 28.6 Å². The second-order valence-corrected chi connectivity index (χ2v) is 12.5. The van der Waals surface area contributed by atoms with E-state index in [2.05, 4.69) is 24.5 Å². The number of anilines is 1. The van der Waals surface area contributed by atoms with Gasteiger partial charge in [0.05, 0.1) is 32.8 Å².